The van der Waals surface area contributed by atoms with Gasteiger partial charge in [-0.1, -0.05) is 0 Å². The van der Waals surface area contributed by atoms with E-state index in [0.29, 0.717) is 17.0 Å². The van der Waals surface area contributed by atoms with Gasteiger partial charge < -0.3 is 20.1 Å². The monoisotopic (exact) mass is 368 g/mol. The van der Waals surface area contributed by atoms with Gasteiger partial charge >= 0.3 is 18.2 Å². The molecule has 2 rings (SSSR count). The Labute approximate surface area is 138 Å². The van der Waals surface area contributed by atoms with Gasteiger partial charge in [0.05, 0.1) is 24.6 Å². The van der Waals surface area contributed by atoms with Crippen LogP contribution < -0.4 is 10.1 Å². The number of amides is 2. The van der Waals surface area contributed by atoms with Crippen molar-refractivity contribution < 1.29 is 41.4 Å². The topological polar surface area (TPSA) is 78.9 Å². The number of halogens is 5. The maximum atomic E-state index is 13.8. The van der Waals surface area contributed by atoms with E-state index < -0.39 is 66.2 Å². The number of alkyl halides is 3. The normalized spacial score (nSPS) is 20.5. The Morgan fingerprint density at radius 3 is 2.36 bits per heavy atom. The molecule has 0 unspecified atom stereocenters. The first-order chi connectivity index (χ1) is 11.5. The van der Waals surface area contributed by atoms with E-state index in [-0.39, 0.29) is 0 Å². The molecule has 1 aliphatic rings. The molecule has 138 valence electrons. The molecule has 11 heteroatoms. The quantitative estimate of drug-likeness (QED) is 0.805. The van der Waals surface area contributed by atoms with Crippen LogP contribution in [0.3, 0.4) is 0 Å². The molecule has 1 fully saturated rings. The minimum absolute atomic E-state index is 0.417. The smallest absolute Gasteiger partial charge is 0.394 e. The van der Waals surface area contributed by atoms with E-state index in [2.05, 4.69) is 4.74 Å². The first-order valence-corrected chi connectivity index (χ1v) is 6.93. The number of hydrogen-bond acceptors (Lipinski definition) is 3. The number of carbonyl (C=O) groups excluding carboxylic acids is 1. The molecule has 2 atom stereocenters. The molecule has 6 nitrogen and oxygen atoms in total. The lowest BCUT2D eigenvalue weighted by Gasteiger charge is -2.19. The van der Waals surface area contributed by atoms with Crippen molar-refractivity contribution in [3.63, 3.8) is 0 Å². The van der Waals surface area contributed by atoms with Gasteiger partial charge in [0.1, 0.15) is 0 Å². The van der Waals surface area contributed by atoms with Crippen LogP contribution in [-0.2, 0) is 4.79 Å². The van der Waals surface area contributed by atoms with Crippen LogP contribution in [0.2, 0.25) is 0 Å². The summed E-state index contributed by atoms with van der Waals surface area (Å²) in [6.07, 6.45) is -4.81. The predicted molar refractivity (Wildman–Crippen MR) is 74.2 cm³/mol. The van der Waals surface area contributed by atoms with Crippen LogP contribution in [0.5, 0.6) is 5.75 Å². The highest BCUT2D eigenvalue weighted by molar-refractivity contribution is 5.90. The van der Waals surface area contributed by atoms with Gasteiger partial charge in [-0.25, -0.2) is 13.6 Å². The number of rotatable bonds is 3. The van der Waals surface area contributed by atoms with Gasteiger partial charge in [-0.3, -0.25) is 4.79 Å². The Hall–Kier alpha value is -2.59. The summed E-state index contributed by atoms with van der Waals surface area (Å²) in [5.74, 6) is -8.24. The van der Waals surface area contributed by atoms with Gasteiger partial charge in [-0.05, 0) is 0 Å². The molecular formula is C14H13F5N2O4. The van der Waals surface area contributed by atoms with Crippen LogP contribution in [0.25, 0.3) is 0 Å². The van der Waals surface area contributed by atoms with Gasteiger partial charge in [0.2, 0.25) is 0 Å². The molecule has 0 bridgehead atoms. The molecule has 1 heterocycles. The summed E-state index contributed by atoms with van der Waals surface area (Å²) in [6.45, 7) is -1.60. The number of carboxylic acid groups (broad SMARTS) is 1. The second kappa shape index (κ2) is 6.73. The third kappa shape index (κ3) is 3.91. The molecule has 1 aromatic carbocycles. The Morgan fingerprint density at radius 2 is 1.88 bits per heavy atom. The fraction of sp³-hybridized carbons (Fsp3) is 0.429. The number of carbonyl (C=O) groups is 2. The Balaban J connectivity index is 2.17. The van der Waals surface area contributed by atoms with Crippen molar-refractivity contribution in [1.82, 2.24) is 4.90 Å². The van der Waals surface area contributed by atoms with Gasteiger partial charge in [0.25, 0.3) is 0 Å². The summed E-state index contributed by atoms with van der Waals surface area (Å²) in [6, 6.07) is 0.104. The minimum atomic E-state index is -4.81. The fourth-order valence-corrected chi connectivity index (χ4v) is 2.53. The number of ether oxygens (including phenoxy) is 1. The third-order valence-corrected chi connectivity index (χ3v) is 3.83. The van der Waals surface area contributed by atoms with Crippen LogP contribution in [0.1, 0.15) is 0 Å². The summed E-state index contributed by atoms with van der Waals surface area (Å²) in [5, 5.41) is 10.8. The van der Waals surface area contributed by atoms with E-state index in [0.717, 1.165) is 7.11 Å². The summed E-state index contributed by atoms with van der Waals surface area (Å²) in [5.41, 5.74) is -0.606. The second-order valence-corrected chi connectivity index (χ2v) is 5.39. The Morgan fingerprint density at radius 1 is 1.24 bits per heavy atom. The van der Waals surface area contributed by atoms with Gasteiger partial charge in [0.15, 0.2) is 17.4 Å². The molecule has 25 heavy (non-hydrogen) atoms. The highest BCUT2D eigenvalue weighted by Gasteiger charge is 2.53. The highest BCUT2D eigenvalue weighted by atomic mass is 19.4. The summed E-state index contributed by atoms with van der Waals surface area (Å²) in [4.78, 5) is 23.6. The predicted octanol–water partition coefficient (Wildman–Crippen LogP) is 2.70. The highest BCUT2D eigenvalue weighted by Crippen LogP contribution is 2.38. The van der Waals surface area contributed by atoms with E-state index in [1.54, 1.807) is 0 Å². The maximum absolute atomic E-state index is 13.8. The number of nitrogens with zero attached hydrogens (tertiary/aromatic N) is 1. The Kier molecular flexibility index (Phi) is 5.04. The van der Waals surface area contributed by atoms with Crippen molar-refractivity contribution in [1.29, 1.82) is 0 Å². The second-order valence-electron chi connectivity index (χ2n) is 5.39. The van der Waals surface area contributed by atoms with Crippen molar-refractivity contribution in [2.24, 2.45) is 11.8 Å². The van der Waals surface area contributed by atoms with E-state index in [9.17, 15) is 31.5 Å². The van der Waals surface area contributed by atoms with Crippen LogP contribution >= 0.6 is 0 Å². The van der Waals surface area contributed by atoms with Crippen LogP contribution in [-0.4, -0.2) is 48.4 Å². The number of methoxy groups -OCH3 is 1. The molecule has 1 saturated heterocycles. The number of nitrogens with one attached hydrogen (secondary N) is 1. The molecule has 0 aliphatic carbocycles. The lowest BCUT2D eigenvalue weighted by Crippen LogP contribution is -2.35. The molecule has 2 amide bonds. The SMILES string of the molecule is COc1cc(F)c(NC(=O)N2C[C@@H](C(F)(F)F)[C@H](C(=O)O)C2)cc1F. The average Bonchev–Trinajstić information content (AvgIpc) is 2.96. The summed E-state index contributed by atoms with van der Waals surface area (Å²) in [7, 11) is 1.10. The average molecular weight is 368 g/mol. The van der Waals surface area contributed by atoms with E-state index >= 15 is 0 Å². The number of benzene rings is 1. The van der Waals surface area contributed by atoms with Crippen LogP contribution in [0, 0.1) is 23.5 Å². The molecule has 1 aliphatic heterocycles. The van der Waals surface area contributed by atoms with Crippen LogP contribution in [0.4, 0.5) is 32.4 Å². The first-order valence-electron chi connectivity index (χ1n) is 6.93. The lowest BCUT2D eigenvalue weighted by atomic mass is 9.96. The van der Waals surface area contributed by atoms with Gasteiger partial charge in [-0.2, -0.15) is 13.2 Å². The molecule has 0 radical (unpaired) electrons. The molecule has 0 saturated carbocycles. The largest absolute Gasteiger partial charge is 0.494 e. The van der Waals surface area contributed by atoms with Crippen molar-refractivity contribution in [3.05, 3.63) is 23.8 Å². The number of likely N-dealkylation sites (tertiary alicyclic amines) is 1. The van der Waals surface area contributed by atoms with Crippen molar-refractivity contribution >= 4 is 17.7 Å². The summed E-state index contributed by atoms with van der Waals surface area (Å²) < 4.78 is 70.6. The van der Waals surface area contributed by atoms with Gasteiger partial charge in [0, 0.05) is 25.2 Å². The molecule has 0 spiro atoms. The molecule has 1 aromatic rings. The number of carboxylic acids is 1. The van der Waals surface area contributed by atoms with E-state index in [1.807, 2.05) is 5.32 Å². The third-order valence-electron chi connectivity index (χ3n) is 3.83. The van der Waals surface area contributed by atoms with E-state index in [1.165, 1.54) is 0 Å². The molecule has 2 N–H and O–H groups in total. The lowest BCUT2D eigenvalue weighted by molar-refractivity contribution is -0.187. The molecule has 0 aromatic heterocycles. The first kappa shape index (κ1) is 18.7. The van der Waals surface area contributed by atoms with E-state index in [4.69, 9.17) is 5.11 Å². The Bertz CT molecular complexity index is 695. The number of urea groups is 1. The minimum Gasteiger partial charge on any atom is -0.494 e. The maximum Gasteiger partial charge on any atom is 0.394 e. The van der Waals surface area contributed by atoms with Crippen molar-refractivity contribution in [2.75, 3.05) is 25.5 Å². The van der Waals surface area contributed by atoms with Crippen molar-refractivity contribution in [3.8, 4) is 5.75 Å². The van der Waals surface area contributed by atoms with Crippen LogP contribution in [0.15, 0.2) is 12.1 Å². The zero-order valence-electron chi connectivity index (χ0n) is 12.7. The molecular weight excluding hydrogens is 355 g/mol. The standard InChI is InChI=1S/C14H13F5N2O4/c1-25-11-3-8(15)10(2-9(11)16)20-13(24)21-4-6(12(22)23)7(5-21)14(17,18)19/h2-3,6-7H,4-5H2,1H3,(H,20,24)(H,22,23)/t6-,7-/m1/s1. The number of aliphatic carboxylic acids is 1. The zero-order chi connectivity index (χ0) is 18.9. The zero-order valence-corrected chi connectivity index (χ0v) is 12.7. The number of hydrogen-bond donors (Lipinski definition) is 2. The number of anilines is 1. The fourth-order valence-electron chi connectivity index (χ4n) is 2.53. The van der Waals surface area contributed by atoms with Gasteiger partial charge in [-0.15, -0.1) is 0 Å². The van der Waals surface area contributed by atoms with Crippen molar-refractivity contribution in [2.45, 2.75) is 6.18 Å². The summed E-state index contributed by atoms with van der Waals surface area (Å²) >= 11 is 0.